The summed E-state index contributed by atoms with van der Waals surface area (Å²) < 4.78 is 6.52. The third-order valence-electron chi connectivity index (χ3n) is 9.08. The summed E-state index contributed by atoms with van der Waals surface area (Å²) in [4.78, 5) is 12.4. The molecule has 0 unspecified atom stereocenters. The van der Waals surface area contributed by atoms with E-state index < -0.39 is 5.97 Å². The molecule has 0 radical (unpaired) electrons. The van der Waals surface area contributed by atoms with E-state index in [0.717, 1.165) is 60.3 Å². The molecule has 0 amide bonds. The monoisotopic (exact) mass is 498 g/mol. The molecule has 0 heterocycles. The van der Waals surface area contributed by atoms with E-state index in [2.05, 4.69) is 18.8 Å². The molecule has 4 bridgehead atoms. The Morgan fingerprint density at radius 3 is 2.11 bits per heavy atom. The van der Waals surface area contributed by atoms with Crippen LogP contribution in [-0.4, -0.2) is 17.7 Å². The molecule has 0 aromatic heterocycles. The lowest BCUT2D eigenvalue weighted by molar-refractivity contribution is -0.00654. The summed E-state index contributed by atoms with van der Waals surface area (Å²) in [6.07, 6.45) is 16.2. The van der Waals surface area contributed by atoms with Crippen molar-refractivity contribution in [1.82, 2.24) is 0 Å². The van der Waals surface area contributed by atoms with E-state index >= 15 is 0 Å². The molecule has 3 heteroatoms. The predicted molar refractivity (Wildman–Crippen MR) is 149 cm³/mol. The van der Waals surface area contributed by atoms with Crippen molar-refractivity contribution in [2.45, 2.75) is 95.8 Å². The predicted octanol–water partition coefficient (Wildman–Crippen LogP) is 8.38. The van der Waals surface area contributed by atoms with Gasteiger partial charge in [-0.25, -0.2) is 4.79 Å². The summed E-state index contributed by atoms with van der Waals surface area (Å²) in [6, 6.07) is 13.6. The maximum Gasteiger partial charge on any atom is 0.336 e. The number of carbonyl (C=O) groups is 1. The molecule has 2 aromatic rings. The Balaban J connectivity index is 1.47. The van der Waals surface area contributed by atoms with Crippen LogP contribution in [0.5, 0.6) is 5.75 Å². The zero-order valence-electron chi connectivity index (χ0n) is 22.4. The lowest BCUT2D eigenvalue weighted by Crippen LogP contribution is -2.49. The maximum atomic E-state index is 12.4. The molecule has 196 valence electrons. The Morgan fingerprint density at radius 1 is 0.865 bits per heavy atom. The molecule has 37 heavy (non-hydrogen) atoms. The van der Waals surface area contributed by atoms with Gasteiger partial charge in [-0.05, 0) is 87.0 Å². The van der Waals surface area contributed by atoms with E-state index in [1.165, 1.54) is 57.8 Å². The molecule has 3 nitrogen and oxygen atoms in total. The van der Waals surface area contributed by atoms with E-state index in [0.29, 0.717) is 17.7 Å². The molecule has 4 fully saturated rings. The van der Waals surface area contributed by atoms with Gasteiger partial charge < -0.3 is 9.84 Å². The largest absolute Gasteiger partial charge is 0.493 e. The van der Waals surface area contributed by atoms with Gasteiger partial charge in [-0.1, -0.05) is 75.5 Å². The minimum absolute atomic E-state index is 0.00357. The second-order valence-corrected chi connectivity index (χ2v) is 12.0. The molecular weight excluding hydrogens is 456 g/mol. The summed E-state index contributed by atoms with van der Waals surface area (Å²) in [5.74, 6) is 8.90. The van der Waals surface area contributed by atoms with Crippen LogP contribution in [0.3, 0.4) is 0 Å². The number of unbranched alkanes of at least 4 members (excludes halogenated alkanes) is 6. The van der Waals surface area contributed by atoms with Gasteiger partial charge in [0.25, 0.3) is 0 Å². The van der Waals surface area contributed by atoms with Crippen molar-refractivity contribution >= 4 is 5.97 Å². The Bertz CT molecular complexity index is 1100. The molecule has 0 saturated heterocycles. The van der Waals surface area contributed by atoms with Crippen LogP contribution in [0.25, 0.3) is 0 Å². The summed E-state index contributed by atoms with van der Waals surface area (Å²) in [7, 11) is 0. The smallest absolute Gasteiger partial charge is 0.336 e. The van der Waals surface area contributed by atoms with Gasteiger partial charge >= 0.3 is 5.97 Å². The quantitative estimate of drug-likeness (QED) is 0.250. The van der Waals surface area contributed by atoms with Crippen LogP contribution in [0.4, 0.5) is 0 Å². The van der Waals surface area contributed by atoms with Gasteiger partial charge in [-0.15, -0.1) is 0 Å². The van der Waals surface area contributed by atoms with Crippen molar-refractivity contribution < 1.29 is 14.6 Å². The average molecular weight is 499 g/mol. The fourth-order valence-electron chi connectivity index (χ4n) is 7.85. The van der Waals surface area contributed by atoms with Gasteiger partial charge in [0, 0.05) is 22.1 Å². The summed E-state index contributed by atoms with van der Waals surface area (Å²) in [5.41, 5.74) is 3.02. The second-order valence-electron chi connectivity index (χ2n) is 12.0. The minimum atomic E-state index is -0.901. The second kappa shape index (κ2) is 11.8. The number of carboxylic acids is 1. The van der Waals surface area contributed by atoms with Crippen molar-refractivity contribution in [3.63, 3.8) is 0 Å². The van der Waals surface area contributed by atoms with Crippen LogP contribution < -0.4 is 4.74 Å². The number of rotatable bonds is 11. The molecule has 4 aliphatic rings. The molecule has 4 aliphatic carbocycles. The summed E-state index contributed by atoms with van der Waals surface area (Å²) in [5, 5.41) is 10.2. The zero-order valence-corrected chi connectivity index (χ0v) is 22.4. The first-order valence-electron chi connectivity index (χ1n) is 14.7. The minimum Gasteiger partial charge on any atom is -0.493 e. The molecule has 4 saturated carbocycles. The van der Waals surface area contributed by atoms with E-state index in [4.69, 9.17) is 4.74 Å². The number of benzene rings is 2. The van der Waals surface area contributed by atoms with Crippen molar-refractivity contribution in [2.24, 2.45) is 17.8 Å². The highest BCUT2D eigenvalue weighted by Gasteiger charge is 2.53. The summed E-state index contributed by atoms with van der Waals surface area (Å²) >= 11 is 0. The Hall–Kier alpha value is -2.73. The maximum absolute atomic E-state index is 12.4. The highest BCUT2D eigenvalue weighted by Crippen LogP contribution is 2.62. The number of aromatic carboxylic acids is 1. The third-order valence-corrected chi connectivity index (χ3v) is 9.08. The normalized spacial score (nSPS) is 25.5. The lowest BCUT2D eigenvalue weighted by atomic mass is 9.47. The molecule has 6 rings (SSSR count). The van der Waals surface area contributed by atoms with Crippen LogP contribution in [0.1, 0.15) is 117 Å². The van der Waals surface area contributed by atoms with Gasteiger partial charge in [0.05, 0.1) is 12.2 Å². The molecule has 2 aromatic carbocycles. The highest BCUT2D eigenvalue weighted by molar-refractivity contribution is 5.92. The molecule has 0 spiro atoms. The highest BCUT2D eigenvalue weighted by atomic mass is 16.5. The van der Waals surface area contributed by atoms with E-state index in [1.807, 2.05) is 36.4 Å². The van der Waals surface area contributed by atoms with E-state index in [9.17, 15) is 9.90 Å². The van der Waals surface area contributed by atoms with Crippen molar-refractivity contribution in [1.29, 1.82) is 0 Å². The first-order valence-corrected chi connectivity index (χ1v) is 14.7. The SMILES string of the molecule is CCCCCCCCCOc1ccc(C(=O)O)c(C#Cc2ccccc2)c1C12CC3CC(CC(C3)C1)C2. The van der Waals surface area contributed by atoms with Gasteiger partial charge in [0.1, 0.15) is 5.75 Å². The van der Waals surface area contributed by atoms with Gasteiger partial charge in [0.2, 0.25) is 0 Å². The first-order chi connectivity index (χ1) is 18.1. The average Bonchev–Trinajstić information content (AvgIpc) is 2.88. The van der Waals surface area contributed by atoms with Crippen LogP contribution in [0.15, 0.2) is 42.5 Å². The van der Waals surface area contributed by atoms with E-state index in [1.54, 1.807) is 6.07 Å². The van der Waals surface area contributed by atoms with Crippen molar-refractivity contribution in [3.05, 3.63) is 64.7 Å². The van der Waals surface area contributed by atoms with Crippen LogP contribution in [0.2, 0.25) is 0 Å². The first kappa shape index (κ1) is 25.9. The Labute approximate surface area is 223 Å². The summed E-state index contributed by atoms with van der Waals surface area (Å²) in [6.45, 7) is 2.94. The fraction of sp³-hybridized carbons (Fsp3) is 0.559. The molecule has 0 atom stereocenters. The molecule has 0 aliphatic heterocycles. The number of hydrogen-bond donors (Lipinski definition) is 1. The van der Waals surface area contributed by atoms with Gasteiger partial charge in [0.15, 0.2) is 0 Å². The molecular formula is C34H42O3. The molecule has 1 N–H and O–H groups in total. The lowest BCUT2D eigenvalue weighted by Gasteiger charge is -2.57. The fourth-order valence-corrected chi connectivity index (χ4v) is 7.85. The van der Waals surface area contributed by atoms with Gasteiger partial charge in [-0.3, -0.25) is 0 Å². The Morgan fingerprint density at radius 2 is 1.49 bits per heavy atom. The zero-order chi connectivity index (χ0) is 25.7. The number of carboxylic acid groups (broad SMARTS) is 1. The Kier molecular flexibility index (Phi) is 8.23. The van der Waals surface area contributed by atoms with Crippen LogP contribution >= 0.6 is 0 Å². The number of hydrogen-bond acceptors (Lipinski definition) is 2. The van der Waals surface area contributed by atoms with E-state index in [-0.39, 0.29) is 5.41 Å². The standard InChI is InChI=1S/C34H42O3/c1-2-3-4-5-6-7-11-18-37-31-17-16-30(33(35)36)29(15-14-25-12-9-8-10-13-25)32(31)34-22-26-19-27(23-34)21-28(20-26)24-34/h8-10,12-13,16-17,26-28H,2-7,11,18-24H2,1H3,(H,35,36). The van der Waals surface area contributed by atoms with Crippen LogP contribution in [-0.2, 0) is 5.41 Å². The van der Waals surface area contributed by atoms with Crippen molar-refractivity contribution in [3.8, 4) is 17.6 Å². The van der Waals surface area contributed by atoms with Crippen LogP contribution in [0, 0.1) is 29.6 Å². The topological polar surface area (TPSA) is 46.5 Å². The van der Waals surface area contributed by atoms with Crippen molar-refractivity contribution in [2.75, 3.05) is 6.61 Å². The third kappa shape index (κ3) is 5.90. The van der Waals surface area contributed by atoms with Gasteiger partial charge in [-0.2, -0.15) is 0 Å². The number of ether oxygens (including phenoxy) is 1.